The molecule has 2 unspecified atom stereocenters. The van der Waals surface area contributed by atoms with Crippen molar-refractivity contribution in [1.82, 2.24) is 4.90 Å². The van der Waals surface area contributed by atoms with Crippen LogP contribution in [-0.2, 0) is 12.8 Å². The van der Waals surface area contributed by atoms with E-state index in [4.69, 9.17) is 0 Å². The third-order valence-corrected chi connectivity index (χ3v) is 5.06. The predicted molar refractivity (Wildman–Crippen MR) is 112 cm³/mol. The number of aliphatic hydroxyl groups excluding tert-OH is 2. The highest BCUT2D eigenvalue weighted by atomic mass is 16.3. The molecule has 0 bridgehead atoms. The molecule has 2 N–H and O–H groups in total. The Kier molecular flexibility index (Phi) is 10.1. The van der Waals surface area contributed by atoms with Gasteiger partial charge in [-0.05, 0) is 17.5 Å². The van der Waals surface area contributed by atoms with Crippen LogP contribution in [0, 0.1) is 0 Å². The highest BCUT2D eigenvalue weighted by molar-refractivity contribution is 5.16. The number of hydrogen-bond donors (Lipinski definition) is 2. The minimum atomic E-state index is -0.679. The van der Waals surface area contributed by atoms with E-state index in [9.17, 15) is 10.2 Å². The summed E-state index contributed by atoms with van der Waals surface area (Å²) < 4.78 is 0. The Balaban J connectivity index is 1.93. The summed E-state index contributed by atoms with van der Waals surface area (Å²) in [7, 11) is 0. The van der Waals surface area contributed by atoms with Crippen molar-refractivity contribution in [2.75, 3.05) is 6.54 Å². The highest BCUT2D eigenvalue weighted by Gasteiger charge is 2.23. The van der Waals surface area contributed by atoms with Gasteiger partial charge in [-0.15, -0.1) is 0 Å². The van der Waals surface area contributed by atoms with Crippen LogP contribution in [0.15, 0.2) is 60.7 Å². The standard InChI is InChI=1S/C24H35NO2/c1-2-3-4-5-6-13-18-25(23(26)19-21-14-9-7-10-15-21)24(27)20-22-16-11-8-12-17-22/h7-12,14-17,23-24,26-27H,2-6,13,18-20H2,1H3. The molecule has 2 atom stereocenters. The predicted octanol–water partition coefficient (Wildman–Crippen LogP) is 4.77. The Labute approximate surface area is 164 Å². The van der Waals surface area contributed by atoms with Gasteiger partial charge in [0.15, 0.2) is 0 Å². The zero-order chi connectivity index (χ0) is 19.3. The fourth-order valence-electron chi connectivity index (χ4n) is 3.46. The lowest BCUT2D eigenvalue weighted by atomic mass is 10.1. The zero-order valence-electron chi connectivity index (χ0n) is 16.6. The summed E-state index contributed by atoms with van der Waals surface area (Å²) in [5.74, 6) is 0. The fourth-order valence-corrected chi connectivity index (χ4v) is 3.46. The number of benzene rings is 2. The quantitative estimate of drug-likeness (QED) is 0.395. The second kappa shape index (κ2) is 12.7. The van der Waals surface area contributed by atoms with Crippen LogP contribution in [0.25, 0.3) is 0 Å². The third kappa shape index (κ3) is 8.25. The van der Waals surface area contributed by atoms with Crippen molar-refractivity contribution in [3.05, 3.63) is 71.8 Å². The van der Waals surface area contributed by atoms with Gasteiger partial charge in [-0.25, -0.2) is 0 Å². The smallest absolute Gasteiger partial charge is 0.113 e. The fraction of sp³-hybridized carbons (Fsp3) is 0.500. The van der Waals surface area contributed by atoms with E-state index in [0.29, 0.717) is 19.4 Å². The van der Waals surface area contributed by atoms with Gasteiger partial charge < -0.3 is 10.2 Å². The Morgan fingerprint density at radius 3 is 1.59 bits per heavy atom. The lowest BCUT2D eigenvalue weighted by Crippen LogP contribution is -2.46. The van der Waals surface area contributed by atoms with Crippen molar-refractivity contribution in [2.45, 2.75) is 70.7 Å². The molecule has 0 spiro atoms. The maximum atomic E-state index is 10.8. The van der Waals surface area contributed by atoms with E-state index < -0.39 is 12.5 Å². The summed E-state index contributed by atoms with van der Waals surface area (Å²) in [5, 5.41) is 21.6. The zero-order valence-corrected chi connectivity index (χ0v) is 16.6. The molecular formula is C24H35NO2. The number of rotatable bonds is 13. The lowest BCUT2D eigenvalue weighted by molar-refractivity contribution is -0.101. The molecule has 0 aliphatic carbocycles. The Morgan fingerprint density at radius 1 is 0.667 bits per heavy atom. The average Bonchev–Trinajstić information content (AvgIpc) is 2.68. The SMILES string of the molecule is CCCCCCCCN(C(O)Cc1ccccc1)C(O)Cc1ccccc1. The topological polar surface area (TPSA) is 43.7 Å². The summed E-state index contributed by atoms with van der Waals surface area (Å²) in [5.41, 5.74) is 2.18. The van der Waals surface area contributed by atoms with Crippen LogP contribution < -0.4 is 0 Å². The number of aliphatic hydroxyl groups is 2. The van der Waals surface area contributed by atoms with E-state index in [1.807, 2.05) is 65.6 Å². The molecule has 0 amide bonds. The largest absolute Gasteiger partial charge is 0.378 e. The van der Waals surface area contributed by atoms with Gasteiger partial charge in [-0.3, -0.25) is 4.90 Å². The molecular weight excluding hydrogens is 334 g/mol. The van der Waals surface area contributed by atoms with Crippen LogP contribution >= 0.6 is 0 Å². The minimum absolute atomic E-state index is 0.530. The summed E-state index contributed by atoms with van der Waals surface area (Å²) >= 11 is 0. The Bertz CT molecular complexity index is 555. The molecule has 2 rings (SSSR count). The van der Waals surface area contributed by atoms with Crippen LogP contribution in [0.3, 0.4) is 0 Å². The van der Waals surface area contributed by atoms with E-state index >= 15 is 0 Å². The van der Waals surface area contributed by atoms with Gasteiger partial charge in [0.25, 0.3) is 0 Å². The second-order valence-electron chi connectivity index (χ2n) is 7.35. The monoisotopic (exact) mass is 369 g/mol. The Hall–Kier alpha value is -1.68. The molecule has 0 saturated heterocycles. The van der Waals surface area contributed by atoms with Gasteiger partial charge in [0.05, 0.1) is 0 Å². The van der Waals surface area contributed by atoms with Gasteiger partial charge in [0.1, 0.15) is 12.5 Å². The Morgan fingerprint density at radius 2 is 1.11 bits per heavy atom. The maximum absolute atomic E-state index is 10.8. The van der Waals surface area contributed by atoms with E-state index in [0.717, 1.165) is 24.0 Å². The molecule has 0 aliphatic heterocycles. The van der Waals surface area contributed by atoms with Gasteiger partial charge in [-0.2, -0.15) is 0 Å². The van der Waals surface area contributed by atoms with Gasteiger partial charge in [0, 0.05) is 19.4 Å². The van der Waals surface area contributed by atoms with Crippen molar-refractivity contribution in [3.8, 4) is 0 Å². The third-order valence-electron chi connectivity index (χ3n) is 5.06. The van der Waals surface area contributed by atoms with E-state index in [2.05, 4.69) is 6.92 Å². The maximum Gasteiger partial charge on any atom is 0.113 e. The molecule has 0 radical (unpaired) electrons. The van der Waals surface area contributed by atoms with Crippen molar-refractivity contribution in [2.24, 2.45) is 0 Å². The summed E-state index contributed by atoms with van der Waals surface area (Å²) in [6.07, 6.45) is 6.89. The minimum Gasteiger partial charge on any atom is -0.378 e. The summed E-state index contributed by atoms with van der Waals surface area (Å²) in [4.78, 5) is 1.86. The van der Waals surface area contributed by atoms with Crippen LogP contribution in [0.2, 0.25) is 0 Å². The van der Waals surface area contributed by atoms with Gasteiger partial charge >= 0.3 is 0 Å². The van der Waals surface area contributed by atoms with Crippen LogP contribution in [0.4, 0.5) is 0 Å². The van der Waals surface area contributed by atoms with Crippen molar-refractivity contribution >= 4 is 0 Å². The molecule has 2 aromatic carbocycles. The van der Waals surface area contributed by atoms with Gasteiger partial charge in [0.2, 0.25) is 0 Å². The first-order valence-corrected chi connectivity index (χ1v) is 10.4. The van der Waals surface area contributed by atoms with E-state index in [1.54, 1.807) is 0 Å². The van der Waals surface area contributed by atoms with Crippen LogP contribution in [0.5, 0.6) is 0 Å². The van der Waals surface area contributed by atoms with Gasteiger partial charge in [-0.1, -0.05) is 99.7 Å². The molecule has 2 aromatic rings. The van der Waals surface area contributed by atoms with E-state index in [-0.39, 0.29) is 0 Å². The van der Waals surface area contributed by atoms with E-state index in [1.165, 1.54) is 25.7 Å². The molecule has 27 heavy (non-hydrogen) atoms. The number of hydrogen-bond acceptors (Lipinski definition) is 3. The first kappa shape index (κ1) is 21.6. The highest BCUT2D eigenvalue weighted by Crippen LogP contribution is 2.15. The lowest BCUT2D eigenvalue weighted by Gasteiger charge is -2.32. The first-order valence-electron chi connectivity index (χ1n) is 10.4. The molecule has 0 fully saturated rings. The van der Waals surface area contributed by atoms with Crippen molar-refractivity contribution < 1.29 is 10.2 Å². The summed E-state index contributed by atoms with van der Waals surface area (Å²) in [6.45, 7) is 2.94. The van der Waals surface area contributed by atoms with Crippen LogP contribution in [-0.4, -0.2) is 34.1 Å². The molecule has 3 heteroatoms. The van der Waals surface area contributed by atoms with Crippen LogP contribution in [0.1, 0.15) is 56.6 Å². The molecule has 148 valence electrons. The average molecular weight is 370 g/mol. The second-order valence-corrected chi connectivity index (χ2v) is 7.35. The molecule has 0 saturated carbocycles. The molecule has 3 nitrogen and oxygen atoms in total. The number of unbranched alkanes of at least 4 members (excludes halogenated alkanes) is 5. The number of nitrogens with zero attached hydrogens (tertiary/aromatic N) is 1. The van der Waals surface area contributed by atoms with Crippen molar-refractivity contribution in [3.63, 3.8) is 0 Å². The molecule has 0 aliphatic rings. The molecule has 0 heterocycles. The normalized spacial score (nSPS) is 13.6. The summed E-state index contributed by atoms with van der Waals surface area (Å²) in [6, 6.07) is 20.0. The first-order chi connectivity index (χ1) is 13.2. The van der Waals surface area contributed by atoms with Crippen molar-refractivity contribution in [1.29, 1.82) is 0 Å². The molecule has 0 aromatic heterocycles.